The van der Waals surface area contributed by atoms with E-state index in [1.807, 2.05) is 0 Å². The molecule has 10 saturated heterocycles. The van der Waals surface area contributed by atoms with Crippen molar-refractivity contribution < 1.29 is 301 Å². The van der Waals surface area contributed by atoms with E-state index < -0.39 is 447 Å². The summed E-state index contributed by atoms with van der Waals surface area (Å²) in [6.07, 6.45) is -110. The minimum Gasteiger partial charge on any atom is -0.477 e. The summed E-state index contributed by atoms with van der Waals surface area (Å²) in [7, 11) is -5.93. The molecule has 0 radical (unpaired) electrons. The van der Waals surface area contributed by atoms with Gasteiger partial charge < -0.3 is 296 Å². The lowest BCUT2D eigenvalue weighted by Gasteiger charge is -2.53. The van der Waals surface area contributed by atoms with Crippen molar-refractivity contribution in [1.82, 2.24) is 0 Å². The van der Waals surface area contributed by atoms with Gasteiger partial charge in [0.15, 0.2) is 44.0 Å². The molecule has 0 amide bonds. The maximum absolute atomic E-state index is 14.8. The van der Waals surface area contributed by atoms with E-state index in [4.69, 9.17) is 127 Å². The fourth-order valence-corrected chi connectivity index (χ4v) is 17.8. The first-order valence-corrected chi connectivity index (χ1v) is 44.0. The summed E-state index contributed by atoms with van der Waals surface area (Å²) in [4.78, 5) is 76.5. The second-order valence-electron chi connectivity index (χ2n) is 34.2. The highest BCUT2D eigenvalue weighted by molar-refractivity contribution is 7.46. The van der Waals surface area contributed by atoms with Gasteiger partial charge in [-0.2, -0.15) is 0 Å². The molecular formula is C72H119N4O61P. The van der Waals surface area contributed by atoms with E-state index in [1.54, 1.807) is 0 Å². The molecule has 11 aliphatic heterocycles. The second-order valence-corrected chi connectivity index (χ2v) is 35.4. The fourth-order valence-electron chi connectivity index (χ4n) is 17.2. The minimum absolute atomic E-state index is 0.534. The normalized spacial score (nSPS) is 48.4. The van der Waals surface area contributed by atoms with Crippen molar-refractivity contribution in [3.8, 4) is 0 Å². The molecular weight excluding hydrogens is 1930 g/mol. The number of ether oxygens (including phenoxy) is 21. The summed E-state index contributed by atoms with van der Waals surface area (Å²) in [5.74, 6) is -22.6. The average Bonchev–Trinajstić information content (AvgIpc) is 0.730. The summed E-state index contributed by atoms with van der Waals surface area (Å²) in [6, 6.07) is -7.86. The highest BCUT2D eigenvalue weighted by Gasteiger charge is 2.68. The van der Waals surface area contributed by atoms with Gasteiger partial charge in [0, 0.05) is 19.3 Å². The Morgan fingerprint density at radius 3 is 1.36 bits per heavy atom. The molecule has 11 aliphatic rings. The minimum atomic E-state index is -5.93. The van der Waals surface area contributed by atoms with Crippen LogP contribution >= 0.6 is 7.82 Å². The van der Waals surface area contributed by atoms with Crippen LogP contribution in [-0.4, -0.2) is 587 Å². The van der Waals surface area contributed by atoms with E-state index in [9.17, 15) is 197 Å². The number of phosphoric acid groups is 1. The Kier molecular flexibility index (Phi) is 38.8. The van der Waals surface area contributed by atoms with Gasteiger partial charge in [-0.15, -0.1) is 0 Å². The topological polar surface area (TPSA) is 1080 Å². The molecule has 66 heteroatoms. The van der Waals surface area contributed by atoms with E-state index in [1.165, 1.54) is 0 Å². The van der Waals surface area contributed by atoms with Crippen LogP contribution in [0.15, 0.2) is 11.8 Å². The zero-order chi connectivity index (χ0) is 102. The molecule has 11 rings (SSSR count). The van der Waals surface area contributed by atoms with Crippen LogP contribution in [0.2, 0.25) is 0 Å². The lowest BCUT2D eigenvalue weighted by Crippen LogP contribution is -2.71. The molecule has 0 aromatic heterocycles. The average molecular weight is 2050 g/mol. The number of phosphoric ester groups is 1. The molecule has 0 aliphatic carbocycles. The number of hydrogen-bond donors (Lipinski definition) is 38. The third-order valence-corrected chi connectivity index (χ3v) is 25.5. The number of aliphatic hydroxyl groups excluding tert-OH is 28. The number of aliphatic carboxylic acids is 4. The molecule has 10 fully saturated rings. The standard InChI is InChI=1S/C72H119N4O61P/c73-30-18(119-63-48(102)45(99)52(25(10-82)126-63)129-65-49(103)46(100)53(26(11-83)127-65)130-66-57(44(98)37(91)24(9-81)124-66)131-64-47(101)43(97)36(90)23(8-80)123-64)1-19(58(104)105)120-61(30)121-20-3-72(69(111)112,135-54(39(20)93)27(12-84)125-62-32(75)41(95)35(89)22(7-79)122-62)136-56-21(132-71(68(109)110)2-15(85)34(88)50(133-71)16(86)5-77)4-70(67(107)108,134-51(56)17(87)6-78)117-14-29-55(137-138(113,114)115)42(96)33(76)60(128-29)116-13-28-38(92)40(94)31(74)59(106)118-28/h1,15-18,20-57,59-66,77-103,106H,2-14,73-76H2,(H,104,105)(H,107,108)(H,109,110)(H,111,112)(H2,113,114,115)/t15-,16-,17-,18+,20-,21-,22-,23-,24-,25-,26-,27-,28-,29-,30-,31-,32-,33-,34-,35-,36-,37-,38-,39-,40-,41-,42-,43+,44+,45-,46-,47-,48-,49-,50-,51-,52-,53-,54-,55-,56-,57-,59+,60-,61-,62+,63-,64-,65+,66+,70-,71-,72+/m1/s1. The first-order chi connectivity index (χ1) is 64.8. The third-order valence-electron chi connectivity index (χ3n) is 25.0. The highest BCUT2D eigenvalue weighted by Crippen LogP contribution is 2.49. The van der Waals surface area contributed by atoms with Gasteiger partial charge in [-0.1, -0.05) is 0 Å². The Morgan fingerprint density at radius 2 is 0.826 bits per heavy atom. The molecule has 65 nitrogen and oxygen atoms in total. The number of carbonyl (C=O) groups is 4. The van der Waals surface area contributed by atoms with Gasteiger partial charge in [-0.3, -0.25) is 4.52 Å². The van der Waals surface area contributed by atoms with Gasteiger partial charge in [0.25, 0.3) is 17.4 Å². The Hall–Kier alpha value is -4.55. The van der Waals surface area contributed by atoms with Crippen LogP contribution < -0.4 is 22.9 Å². The molecule has 0 unspecified atom stereocenters. The predicted octanol–water partition coefficient (Wildman–Crippen LogP) is -24.2. The van der Waals surface area contributed by atoms with Crippen LogP contribution in [0.1, 0.15) is 19.3 Å². The van der Waals surface area contributed by atoms with Crippen molar-refractivity contribution in [2.45, 2.75) is 343 Å². The molecule has 0 spiro atoms. The third kappa shape index (κ3) is 24.0. The first-order valence-electron chi connectivity index (χ1n) is 42.5. The fraction of sp³-hybridized carbons (Fsp3) is 0.917. The van der Waals surface area contributed by atoms with Crippen molar-refractivity contribution in [2.24, 2.45) is 22.9 Å². The van der Waals surface area contributed by atoms with E-state index in [0.29, 0.717) is 6.08 Å². The van der Waals surface area contributed by atoms with Gasteiger partial charge in [-0.25, -0.2) is 23.7 Å². The van der Waals surface area contributed by atoms with Gasteiger partial charge >= 0.3 is 31.7 Å². The van der Waals surface area contributed by atoms with Gasteiger partial charge in [0.1, 0.15) is 214 Å². The van der Waals surface area contributed by atoms with Crippen LogP contribution in [0.4, 0.5) is 0 Å². The second kappa shape index (κ2) is 47.1. The number of carboxylic acid groups (broad SMARTS) is 4. The molecule has 798 valence electrons. The van der Waals surface area contributed by atoms with Crippen molar-refractivity contribution in [3.05, 3.63) is 11.8 Å². The van der Waals surface area contributed by atoms with Gasteiger partial charge in [0.2, 0.25) is 12.0 Å². The zero-order valence-corrected chi connectivity index (χ0v) is 72.5. The predicted molar refractivity (Wildman–Crippen MR) is 414 cm³/mol. The Morgan fingerprint density at radius 1 is 0.384 bits per heavy atom. The van der Waals surface area contributed by atoms with Crippen LogP contribution in [0.25, 0.3) is 0 Å². The number of nitrogens with two attached hydrogens (primary N) is 4. The van der Waals surface area contributed by atoms with Crippen molar-refractivity contribution in [2.75, 3.05) is 66.1 Å². The highest BCUT2D eigenvalue weighted by atomic mass is 31.2. The Labute approximate surface area is 774 Å². The number of aliphatic hydroxyl groups is 28. The Balaban J connectivity index is 0.911. The summed E-state index contributed by atoms with van der Waals surface area (Å²) < 4.78 is 139. The number of rotatable bonds is 39. The van der Waals surface area contributed by atoms with E-state index >= 15 is 0 Å². The van der Waals surface area contributed by atoms with Gasteiger partial charge in [-0.05, 0) is 6.08 Å². The molecule has 0 bridgehead atoms. The van der Waals surface area contributed by atoms with Gasteiger partial charge in [0.05, 0.1) is 109 Å². The van der Waals surface area contributed by atoms with Crippen LogP contribution in [-0.2, 0) is 128 Å². The Bertz CT molecular complexity index is 4010. The summed E-state index contributed by atoms with van der Waals surface area (Å²) in [6.45, 7) is -13.2. The monoisotopic (exact) mass is 2050 g/mol. The quantitative estimate of drug-likeness (QED) is 0.0254. The van der Waals surface area contributed by atoms with E-state index in [0.717, 1.165) is 0 Å². The van der Waals surface area contributed by atoms with Crippen LogP contribution in [0, 0.1) is 0 Å². The summed E-state index contributed by atoms with van der Waals surface area (Å²) >= 11 is 0. The number of carboxylic acids is 4. The first kappa shape index (κ1) is 114. The molecule has 53 atom stereocenters. The summed E-state index contributed by atoms with van der Waals surface area (Å²) in [5, 5.41) is 353. The van der Waals surface area contributed by atoms with Crippen LogP contribution in [0.5, 0.6) is 0 Å². The van der Waals surface area contributed by atoms with Crippen molar-refractivity contribution in [3.63, 3.8) is 0 Å². The molecule has 0 aromatic rings. The van der Waals surface area contributed by atoms with E-state index in [2.05, 4.69) is 0 Å². The molecule has 0 saturated carbocycles. The smallest absolute Gasteiger partial charge is 0.470 e. The maximum Gasteiger partial charge on any atom is 0.470 e. The molecule has 42 N–H and O–H groups in total. The lowest BCUT2D eigenvalue weighted by atomic mass is 9.88. The zero-order valence-electron chi connectivity index (χ0n) is 71.6. The largest absolute Gasteiger partial charge is 0.477 e. The van der Waals surface area contributed by atoms with Crippen LogP contribution in [0.3, 0.4) is 0 Å². The SMILES string of the molecule is N[C@@H]1[C@@H](O)[C@H](O)[C@@H](CO[C@@H]2O[C@H](CO[C@]3(C(=O)O)C[C@@H](O[C@]4(C(=O)O)C[C@@H](O)[C@@H](O)[C@@H]([C@H](O)CO)O4)[C@@H](O[C@]4(C(=O)O)C[C@@H](O[C@H]5OC(C(=O)O)=C[C@H](O[C@@H]6O[C@H](CO)[C@@H](O[C@@H]7O[C@H](CO)[C@@H](O[C@@H]8O[C@H](CO)[C@@H](O)[C@H](O)[C@H]8O[C@H]8O[C@H](CO)[C@@H](O)[C@H](O)[C@H]8O)[C@H](O)[C@H]7O)[C@H](O)[C@H]6O)[C@H]5N)[C@@H](O)[C@@H]([C@@H](CO)O[C@@H]5O[C@H](CO)[C@@H](O)[C@H](O)[C@H]5N)O4)[C@@H]([C@H](O)CO)O3)[C@@H](OP(=O)(O)O)[C@H](O)[C@H]2N)O[C@@H]1O. The summed E-state index contributed by atoms with van der Waals surface area (Å²) in [5.41, 5.74) is 24.8. The molecule has 0 aromatic carbocycles. The number of hydrogen-bond acceptors (Lipinski definition) is 59. The lowest BCUT2D eigenvalue weighted by molar-refractivity contribution is -0.410. The molecule has 11 heterocycles. The maximum atomic E-state index is 14.8. The molecule has 138 heavy (non-hydrogen) atoms. The van der Waals surface area contributed by atoms with E-state index in [-0.39, 0.29) is 0 Å². The van der Waals surface area contributed by atoms with Crippen molar-refractivity contribution in [1.29, 1.82) is 0 Å². The van der Waals surface area contributed by atoms with Crippen molar-refractivity contribution >= 4 is 31.7 Å².